The summed E-state index contributed by atoms with van der Waals surface area (Å²) >= 11 is 0. The van der Waals surface area contributed by atoms with E-state index in [1.54, 1.807) is 36.4 Å². The zero-order valence-electron chi connectivity index (χ0n) is 26.2. The van der Waals surface area contributed by atoms with Gasteiger partial charge >= 0.3 is 6.09 Å². The molecule has 3 atom stereocenters. The van der Waals surface area contributed by atoms with Crippen LogP contribution in [0.25, 0.3) is 0 Å². The van der Waals surface area contributed by atoms with Gasteiger partial charge in [0.1, 0.15) is 24.3 Å². The van der Waals surface area contributed by atoms with E-state index in [2.05, 4.69) is 5.32 Å². The second-order valence-corrected chi connectivity index (χ2v) is 13.6. The lowest BCUT2D eigenvalue weighted by molar-refractivity contribution is -0.135. The SMILES string of the molecule is CCCCS(=O)(=O)C[C@H](NC(=O)OCc1ccccc1)C(=O)N(Cc1cccc(CC)c1)C[C@@H](O)[C@@H](N)Cc1cc(F)cc(F)c1. The van der Waals surface area contributed by atoms with Crippen molar-refractivity contribution in [3.05, 3.63) is 107 Å². The molecule has 3 aromatic rings. The van der Waals surface area contributed by atoms with Crippen LogP contribution in [-0.2, 0) is 45.4 Å². The van der Waals surface area contributed by atoms with Crippen LogP contribution in [0.2, 0.25) is 0 Å². The van der Waals surface area contributed by atoms with E-state index in [1.165, 1.54) is 4.90 Å². The van der Waals surface area contributed by atoms with Gasteiger partial charge in [-0.1, -0.05) is 74.9 Å². The molecule has 2 amide bonds. The average molecular weight is 660 g/mol. The molecule has 0 aliphatic heterocycles. The van der Waals surface area contributed by atoms with Crippen molar-refractivity contribution in [1.82, 2.24) is 10.2 Å². The molecule has 3 aromatic carbocycles. The fraction of sp³-hybridized carbons (Fsp3) is 0.412. The molecule has 12 heteroatoms. The highest BCUT2D eigenvalue weighted by Crippen LogP contribution is 2.16. The van der Waals surface area contributed by atoms with Gasteiger partial charge in [0.05, 0.1) is 17.6 Å². The Morgan fingerprint density at radius 1 is 0.935 bits per heavy atom. The second-order valence-electron chi connectivity index (χ2n) is 11.3. The maximum absolute atomic E-state index is 14.1. The molecule has 0 fully saturated rings. The molecule has 250 valence electrons. The number of carbonyl (C=O) groups is 2. The third-order valence-corrected chi connectivity index (χ3v) is 9.16. The quantitative estimate of drug-likeness (QED) is 0.197. The van der Waals surface area contributed by atoms with E-state index in [0.29, 0.717) is 24.0 Å². The number of amides is 2. The molecule has 0 heterocycles. The number of halogens is 2. The number of hydrogen-bond acceptors (Lipinski definition) is 7. The van der Waals surface area contributed by atoms with E-state index in [9.17, 15) is 31.9 Å². The van der Waals surface area contributed by atoms with Crippen LogP contribution in [0.3, 0.4) is 0 Å². The van der Waals surface area contributed by atoms with E-state index >= 15 is 0 Å². The summed E-state index contributed by atoms with van der Waals surface area (Å²) in [7, 11) is -3.79. The Morgan fingerprint density at radius 2 is 1.59 bits per heavy atom. The highest BCUT2D eigenvalue weighted by molar-refractivity contribution is 7.91. The van der Waals surface area contributed by atoms with Crippen LogP contribution in [0, 0.1) is 11.6 Å². The lowest BCUT2D eigenvalue weighted by Gasteiger charge is -2.31. The molecule has 0 aliphatic rings. The highest BCUT2D eigenvalue weighted by atomic mass is 32.2. The smallest absolute Gasteiger partial charge is 0.408 e. The molecule has 0 saturated heterocycles. The molecule has 3 rings (SSSR count). The Morgan fingerprint density at radius 3 is 2.24 bits per heavy atom. The third-order valence-electron chi connectivity index (χ3n) is 7.41. The number of nitrogens with two attached hydrogens (primary N) is 1. The van der Waals surface area contributed by atoms with Crippen LogP contribution in [-0.4, -0.2) is 66.7 Å². The summed E-state index contributed by atoms with van der Waals surface area (Å²) in [6.07, 6.45) is -0.722. The van der Waals surface area contributed by atoms with Crippen LogP contribution in [0.1, 0.15) is 48.9 Å². The Hall–Kier alpha value is -3.87. The van der Waals surface area contributed by atoms with Crippen molar-refractivity contribution in [2.75, 3.05) is 18.1 Å². The van der Waals surface area contributed by atoms with Crippen molar-refractivity contribution in [3.8, 4) is 0 Å². The first kappa shape index (κ1) is 36.6. The number of hydrogen-bond donors (Lipinski definition) is 3. The number of nitrogens with zero attached hydrogens (tertiary/aromatic N) is 1. The molecule has 46 heavy (non-hydrogen) atoms. The summed E-state index contributed by atoms with van der Waals surface area (Å²) in [4.78, 5) is 28.2. The molecule has 0 bridgehead atoms. The zero-order chi connectivity index (χ0) is 33.7. The van der Waals surface area contributed by atoms with E-state index in [4.69, 9.17) is 10.5 Å². The van der Waals surface area contributed by atoms with Gasteiger partial charge in [-0.2, -0.15) is 0 Å². The third kappa shape index (κ3) is 12.1. The molecule has 0 aliphatic carbocycles. The molecule has 9 nitrogen and oxygen atoms in total. The summed E-state index contributed by atoms with van der Waals surface area (Å²) in [6, 6.07) is 16.7. The van der Waals surface area contributed by atoms with E-state index in [0.717, 1.165) is 30.2 Å². The standard InChI is InChI=1S/C34H43F2N3O6S/c1-3-5-14-46(43,44)23-31(38-34(42)45-22-25-10-7-6-8-11-25)33(41)39(20-26-13-9-12-24(4-2)15-26)21-32(40)30(37)18-27-16-28(35)19-29(36)17-27/h6-13,15-17,19,30-32,40H,3-5,14,18,20-23,37H2,1-2H3,(H,38,42)/t30-,31-,32+/m0/s1. The Balaban J connectivity index is 1.88. The highest BCUT2D eigenvalue weighted by Gasteiger charge is 2.33. The van der Waals surface area contributed by atoms with Gasteiger partial charge in [-0.25, -0.2) is 22.0 Å². The molecule has 0 saturated carbocycles. The number of aryl methyl sites for hydroxylation is 1. The van der Waals surface area contributed by atoms with Crippen LogP contribution >= 0.6 is 0 Å². The molecular weight excluding hydrogens is 616 g/mol. The number of aliphatic hydroxyl groups is 1. The predicted octanol–water partition coefficient (Wildman–Crippen LogP) is 4.30. The first-order valence-electron chi connectivity index (χ1n) is 15.3. The number of carbonyl (C=O) groups excluding carboxylic acids is 2. The molecule has 4 N–H and O–H groups in total. The van der Waals surface area contributed by atoms with Crippen molar-refractivity contribution in [2.45, 2.75) is 70.9 Å². The fourth-order valence-electron chi connectivity index (χ4n) is 4.90. The molecule has 0 spiro atoms. The largest absolute Gasteiger partial charge is 0.445 e. The van der Waals surface area contributed by atoms with Crippen LogP contribution < -0.4 is 11.1 Å². The van der Waals surface area contributed by atoms with Gasteiger partial charge in [-0.3, -0.25) is 4.79 Å². The van der Waals surface area contributed by atoms with Crippen molar-refractivity contribution in [2.24, 2.45) is 5.73 Å². The minimum absolute atomic E-state index is 0.0305. The van der Waals surface area contributed by atoms with Crippen molar-refractivity contribution < 1.29 is 36.6 Å². The predicted molar refractivity (Wildman–Crippen MR) is 172 cm³/mol. The first-order chi connectivity index (χ1) is 21.9. The lowest BCUT2D eigenvalue weighted by Crippen LogP contribution is -2.54. The normalized spacial score (nSPS) is 13.4. The van der Waals surface area contributed by atoms with E-state index < -0.39 is 57.4 Å². The average Bonchev–Trinajstić information content (AvgIpc) is 3.01. The van der Waals surface area contributed by atoms with Gasteiger partial charge in [-0.15, -0.1) is 0 Å². The van der Waals surface area contributed by atoms with Crippen molar-refractivity contribution >= 4 is 21.8 Å². The minimum atomic E-state index is -3.79. The molecule has 0 radical (unpaired) electrons. The number of rotatable bonds is 17. The van der Waals surface area contributed by atoms with Crippen LogP contribution in [0.5, 0.6) is 0 Å². The summed E-state index contributed by atoms with van der Waals surface area (Å²) in [6.45, 7) is 3.34. The summed E-state index contributed by atoms with van der Waals surface area (Å²) < 4.78 is 58.9. The van der Waals surface area contributed by atoms with Crippen LogP contribution in [0.15, 0.2) is 72.8 Å². The van der Waals surface area contributed by atoms with Gasteiger partial charge in [0.15, 0.2) is 9.84 Å². The Kier molecular flexibility index (Phi) is 14.1. The number of unbranched alkanes of at least 4 members (excludes halogenated alkanes) is 1. The number of sulfone groups is 1. The zero-order valence-corrected chi connectivity index (χ0v) is 27.0. The summed E-state index contributed by atoms with van der Waals surface area (Å²) in [5.74, 6) is -3.20. The number of alkyl carbamates (subject to hydrolysis) is 1. The molecule has 0 aromatic heterocycles. The number of ether oxygens (including phenoxy) is 1. The lowest BCUT2D eigenvalue weighted by atomic mass is 10.0. The van der Waals surface area contributed by atoms with Gasteiger partial charge in [-0.05, 0) is 53.6 Å². The van der Waals surface area contributed by atoms with Gasteiger partial charge < -0.3 is 25.8 Å². The maximum Gasteiger partial charge on any atom is 0.408 e. The van der Waals surface area contributed by atoms with Gasteiger partial charge in [0, 0.05) is 25.2 Å². The van der Waals surface area contributed by atoms with Gasteiger partial charge in [0.25, 0.3) is 0 Å². The van der Waals surface area contributed by atoms with E-state index in [-0.39, 0.29) is 37.4 Å². The topological polar surface area (TPSA) is 139 Å². The van der Waals surface area contributed by atoms with Crippen LogP contribution in [0.4, 0.5) is 13.6 Å². The fourth-order valence-corrected chi connectivity index (χ4v) is 6.53. The van der Waals surface area contributed by atoms with Crippen molar-refractivity contribution in [1.29, 1.82) is 0 Å². The number of aliphatic hydroxyl groups excluding tert-OH is 1. The summed E-state index contributed by atoms with van der Waals surface area (Å²) in [5.41, 5.74) is 8.85. The Bertz CT molecular complexity index is 1520. The monoisotopic (exact) mass is 659 g/mol. The summed E-state index contributed by atoms with van der Waals surface area (Å²) in [5, 5.41) is 13.5. The minimum Gasteiger partial charge on any atom is -0.445 e. The molecule has 0 unspecified atom stereocenters. The Labute approximate surface area is 269 Å². The first-order valence-corrected chi connectivity index (χ1v) is 17.1. The number of benzene rings is 3. The molecular formula is C34H43F2N3O6S. The van der Waals surface area contributed by atoms with Crippen molar-refractivity contribution in [3.63, 3.8) is 0 Å². The maximum atomic E-state index is 14.1. The second kappa shape index (κ2) is 17.7. The van der Waals surface area contributed by atoms with E-state index in [1.807, 2.05) is 32.0 Å². The number of nitrogens with one attached hydrogen (secondary N) is 1. The van der Waals surface area contributed by atoms with Gasteiger partial charge in [0.2, 0.25) is 5.91 Å².